The first-order valence-electron chi connectivity index (χ1n) is 13.0. The molecule has 0 unspecified atom stereocenters. The van der Waals surface area contributed by atoms with Crippen LogP contribution in [0.25, 0.3) is 56.5 Å². The normalized spacial score (nSPS) is 13.7. The largest absolute Gasteiger partial charge is 0.456 e. The summed E-state index contributed by atoms with van der Waals surface area (Å²) in [6, 6.07) is 40.2. The molecule has 1 heteroatoms. The van der Waals surface area contributed by atoms with Gasteiger partial charge in [0.05, 0.1) is 5.41 Å². The van der Waals surface area contributed by atoms with Crippen molar-refractivity contribution in [2.75, 3.05) is 0 Å². The van der Waals surface area contributed by atoms with Crippen molar-refractivity contribution in [3.05, 3.63) is 156 Å². The van der Waals surface area contributed by atoms with Gasteiger partial charge in [-0.1, -0.05) is 110 Å². The van der Waals surface area contributed by atoms with Gasteiger partial charge in [0.15, 0.2) is 0 Å². The minimum atomic E-state index is -0.305. The van der Waals surface area contributed by atoms with E-state index < -0.39 is 0 Å². The highest BCUT2D eigenvalue weighted by molar-refractivity contribution is 5.97. The second kappa shape index (κ2) is 7.57. The molecule has 1 nitrogen and oxygen atoms in total. The van der Waals surface area contributed by atoms with Gasteiger partial charge in [-0.25, -0.2) is 0 Å². The molecule has 6 aromatic rings. The monoisotopic (exact) mass is 484 g/mol. The van der Waals surface area contributed by atoms with E-state index in [1.807, 2.05) is 6.08 Å². The zero-order valence-electron chi connectivity index (χ0n) is 20.9. The Labute approximate surface area is 222 Å². The van der Waals surface area contributed by atoms with E-state index in [9.17, 15) is 0 Å². The maximum Gasteiger partial charge on any atom is 0.135 e. The standard InChI is InChI=1S/C37H24O/c1-3-25-30-22-24(18-20-36(30)38-35(25)4-2)23-17-19-34-29(21-23)28-13-7-10-16-33(28)37(34)31-14-8-5-11-26(31)27-12-6-9-15-32(27)37/h3-22H,1-2H2. The first-order chi connectivity index (χ1) is 18.8. The van der Waals surface area contributed by atoms with Crippen LogP contribution >= 0.6 is 0 Å². The van der Waals surface area contributed by atoms with Gasteiger partial charge in [-0.3, -0.25) is 0 Å². The predicted molar refractivity (Wildman–Crippen MR) is 158 cm³/mol. The molecule has 0 saturated carbocycles. The third kappa shape index (κ3) is 2.51. The maximum atomic E-state index is 5.99. The number of hydrogen-bond acceptors (Lipinski definition) is 1. The fourth-order valence-corrected chi connectivity index (χ4v) is 6.96. The SMILES string of the molecule is C=Cc1oc2ccc(-c3ccc4c(c3)-c3ccccc3C43c4ccccc4-c4ccccc43)cc2c1C=C. The highest BCUT2D eigenvalue weighted by Crippen LogP contribution is 2.62. The molecule has 8 rings (SSSR count). The molecule has 0 aliphatic heterocycles. The van der Waals surface area contributed by atoms with Gasteiger partial charge in [-0.15, -0.1) is 0 Å². The minimum absolute atomic E-state index is 0.305. The Morgan fingerprint density at radius 2 is 1.05 bits per heavy atom. The van der Waals surface area contributed by atoms with Crippen LogP contribution in [0, 0.1) is 0 Å². The van der Waals surface area contributed by atoms with Crippen molar-refractivity contribution in [3.8, 4) is 33.4 Å². The molecule has 0 fully saturated rings. The fraction of sp³-hybridized carbons (Fsp3) is 0.0270. The zero-order valence-corrected chi connectivity index (χ0v) is 20.9. The summed E-state index contributed by atoms with van der Waals surface area (Å²) in [5.74, 6) is 0.760. The Morgan fingerprint density at radius 1 is 0.526 bits per heavy atom. The summed E-state index contributed by atoms with van der Waals surface area (Å²) in [6.45, 7) is 7.91. The van der Waals surface area contributed by atoms with E-state index in [1.54, 1.807) is 6.08 Å². The zero-order chi connectivity index (χ0) is 25.4. The number of rotatable bonds is 3. The molecule has 1 heterocycles. The van der Waals surface area contributed by atoms with Crippen molar-refractivity contribution >= 4 is 23.1 Å². The van der Waals surface area contributed by atoms with Crippen LogP contribution < -0.4 is 0 Å². The van der Waals surface area contributed by atoms with Gasteiger partial charge in [0.2, 0.25) is 0 Å². The second-order valence-electron chi connectivity index (χ2n) is 10.1. The van der Waals surface area contributed by atoms with Gasteiger partial charge in [0.25, 0.3) is 0 Å². The molecule has 1 spiro atoms. The molecule has 0 radical (unpaired) electrons. The molecule has 1 aromatic heterocycles. The van der Waals surface area contributed by atoms with Crippen LogP contribution in [0.2, 0.25) is 0 Å². The van der Waals surface area contributed by atoms with Crippen LogP contribution in [0.15, 0.2) is 127 Å². The van der Waals surface area contributed by atoms with Gasteiger partial charge in [0, 0.05) is 10.9 Å². The van der Waals surface area contributed by atoms with Crippen molar-refractivity contribution in [1.29, 1.82) is 0 Å². The smallest absolute Gasteiger partial charge is 0.135 e. The number of furan rings is 1. The Balaban J connectivity index is 1.40. The molecule has 5 aromatic carbocycles. The summed E-state index contributed by atoms with van der Waals surface area (Å²) < 4.78 is 5.99. The second-order valence-corrected chi connectivity index (χ2v) is 10.1. The van der Waals surface area contributed by atoms with E-state index in [4.69, 9.17) is 4.42 Å². The third-order valence-corrected chi connectivity index (χ3v) is 8.48. The average Bonchev–Trinajstić information content (AvgIpc) is 3.60. The summed E-state index contributed by atoms with van der Waals surface area (Å²) >= 11 is 0. The van der Waals surface area contributed by atoms with E-state index in [2.05, 4.69) is 122 Å². The summed E-state index contributed by atoms with van der Waals surface area (Å²) in [7, 11) is 0. The Morgan fingerprint density at radius 3 is 1.66 bits per heavy atom. The molecule has 0 saturated heterocycles. The summed E-state index contributed by atoms with van der Waals surface area (Å²) in [6.07, 6.45) is 3.60. The molecule has 0 atom stereocenters. The van der Waals surface area contributed by atoms with E-state index in [1.165, 1.54) is 50.1 Å². The molecule has 2 aliphatic rings. The molecule has 0 bridgehead atoms. The van der Waals surface area contributed by atoms with Crippen molar-refractivity contribution in [1.82, 2.24) is 0 Å². The summed E-state index contributed by atoms with van der Waals surface area (Å²) in [5, 5.41) is 1.06. The van der Waals surface area contributed by atoms with Gasteiger partial charge in [0.1, 0.15) is 11.3 Å². The van der Waals surface area contributed by atoms with Crippen LogP contribution in [0.1, 0.15) is 33.6 Å². The first kappa shape index (κ1) is 21.2. The van der Waals surface area contributed by atoms with Crippen molar-refractivity contribution in [2.24, 2.45) is 0 Å². The van der Waals surface area contributed by atoms with E-state index in [0.717, 1.165) is 27.9 Å². The van der Waals surface area contributed by atoms with E-state index >= 15 is 0 Å². The van der Waals surface area contributed by atoms with Crippen LogP contribution in [0.5, 0.6) is 0 Å². The van der Waals surface area contributed by atoms with Crippen molar-refractivity contribution in [3.63, 3.8) is 0 Å². The molecule has 38 heavy (non-hydrogen) atoms. The highest BCUT2D eigenvalue weighted by Gasteiger charge is 2.51. The third-order valence-electron chi connectivity index (χ3n) is 8.48. The lowest BCUT2D eigenvalue weighted by Crippen LogP contribution is -2.25. The molecule has 2 aliphatic carbocycles. The molecule has 0 N–H and O–H groups in total. The molecule has 0 amide bonds. The van der Waals surface area contributed by atoms with Crippen LogP contribution in [0.4, 0.5) is 0 Å². The highest BCUT2D eigenvalue weighted by atomic mass is 16.3. The molecular formula is C37H24O. The van der Waals surface area contributed by atoms with E-state index in [0.29, 0.717) is 0 Å². The lowest BCUT2D eigenvalue weighted by atomic mass is 9.70. The Hall–Kier alpha value is -4.88. The Bertz CT molecular complexity index is 1920. The lowest BCUT2D eigenvalue weighted by molar-refractivity contribution is 0.603. The van der Waals surface area contributed by atoms with Crippen molar-refractivity contribution < 1.29 is 4.42 Å². The van der Waals surface area contributed by atoms with Crippen LogP contribution in [0.3, 0.4) is 0 Å². The van der Waals surface area contributed by atoms with Gasteiger partial charge in [-0.2, -0.15) is 0 Å². The predicted octanol–water partition coefficient (Wildman–Crippen LogP) is 9.73. The van der Waals surface area contributed by atoms with Crippen LogP contribution in [-0.2, 0) is 5.41 Å². The first-order valence-corrected chi connectivity index (χ1v) is 13.0. The molecule has 178 valence electrons. The van der Waals surface area contributed by atoms with E-state index in [-0.39, 0.29) is 5.41 Å². The Kier molecular flexibility index (Phi) is 4.23. The van der Waals surface area contributed by atoms with Gasteiger partial charge >= 0.3 is 0 Å². The molecular weight excluding hydrogens is 460 g/mol. The summed E-state index contributed by atoms with van der Waals surface area (Å²) in [4.78, 5) is 0. The van der Waals surface area contributed by atoms with Crippen LogP contribution in [-0.4, -0.2) is 0 Å². The quantitative estimate of drug-likeness (QED) is 0.243. The van der Waals surface area contributed by atoms with Crippen molar-refractivity contribution in [2.45, 2.75) is 5.41 Å². The topological polar surface area (TPSA) is 13.1 Å². The number of hydrogen-bond donors (Lipinski definition) is 0. The lowest BCUT2D eigenvalue weighted by Gasteiger charge is -2.30. The maximum absolute atomic E-state index is 5.99. The number of fused-ring (bicyclic) bond motifs is 11. The number of benzene rings is 5. The average molecular weight is 485 g/mol. The van der Waals surface area contributed by atoms with Gasteiger partial charge < -0.3 is 4.42 Å². The minimum Gasteiger partial charge on any atom is -0.456 e. The summed E-state index contributed by atoms with van der Waals surface area (Å²) in [5.41, 5.74) is 14.6. The van der Waals surface area contributed by atoms with Gasteiger partial charge in [-0.05, 0) is 79.9 Å². The fourth-order valence-electron chi connectivity index (χ4n) is 6.96.